The number of anilines is 2. The van der Waals surface area contributed by atoms with Gasteiger partial charge < -0.3 is 20.3 Å². The number of hydrogen-bond acceptors (Lipinski definition) is 4. The summed E-state index contributed by atoms with van der Waals surface area (Å²) in [5, 5.41) is 5.95. The van der Waals surface area contributed by atoms with Gasteiger partial charge in [-0.3, -0.25) is 9.59 Å². The van der Waals surface area contributed by atoms with E-state index < -0.39 is 0 Å². The third-order valence-electron chi connectivity index (χ3n) is 5.00. The smallest absolute Gasteiger partial charge is 0.253 e. The molecule has 0 fully saturated rings. The Morgan fingerprint density at radius 1 is 0.844 bits per heavy atom. The van der Waals surface area contributed by atoms with Gasteiger partial charge in [0.1, 0.15) is 12.4 Å². The molecule has 0 aliphatic heterocycles. The van der Waals surface area contributed by atoms with Crippen LogP contribution in [0.25, 0.3) is 0 Å². The highest BCUT2D eigenvalue weighted by molar-refractivity contribution is 5.96. The maximum absolute atomic E-state index is 12.4. The van der Waals surface area contributed by atoms with Gasteiger partial charge in [0.15, 0.2) is 0 Å². The molecule has 3 aromatic rings. The van der Waals surface area contributed by atoms with Crippen molar-refractivity contribution >= 4 is 23.2 Å². The average Bonchev–Trinajstić information content (AvgIpc) is 2.83. The van der Waals surface area contributed by atoms with Crippen molar-refractivity contribution in [3.8, 4) is 5.75 Å². The summed E-state index contributed by atoms with van der Waals surface area (Å²) in [5.74, 6) is 0.542. The Labute approximate surface area is 189 Å². The van der Waals surface area contributed by atoms with Crippen LogP contribution in [0.5, 0.6) is 5.75 Å². The number of amides is 2. The first-order chi connectivity index (χ1) is 15.6. The number of carbonyl (C=O) groups excluding carboxylic acids is 2. The molecule has 0 aliphatic carbocycles. The fourth-order valence-corrected chi connectivity index (χ4v) is 3.21. The molecule has 0 heterocycles. The zero-order valence-corrected chi connectivity index (χ0v) is 18.5. The second kappa shape index (κ2) is 11.6. The van der Waals surface area contributed by atoms with Gasteiger partial charge >= 0.3 is 0 Å². The first-order valence-corrected chi connectivity index (χ1v) is 10.8. The molecule has 3 rings (SSSR count). The van der Waals surface area contributed by atoms with Crippen LogP contribution in [-0.2, 0) is 11.4 Å². The minimum Gasteiger partial charge on any atom is -0.489 e. The summed E-state index contributed by atoms with van der Waals surface area (Å²) in [6.07, 6.45) is 0. The highest BCUT2D eigenvalue weighted by Crippen LogP contribution is 2.19. The molecular weight excluding hydrogens is 402 g/mol. The number of rotatable bonds is 10. The van der Waals surface area contributed by atoms with Crippen molar-refractivity contribution in [3.63, 3.8) is 0 Å². The molecular formula is C26H29N3O3. The van der Waals surface area contributed by atoms with E-state index in [4.69, 9.17) is 4.74 Å². The summed E-state index contributed by atoms with van der Waals surface area (Å²) < 4.78 is 5.83. The summed E-state index contributed by atoms with van der Waals surface area (Å²) in [6, 6.07) is 24.4. The average molecular weight is 432 g/mol. The molecule has 6 nitrogen and oxygen atoms in total. The van der Waals surface area contributed by atoms with Crippen molar-refractivity contribution in [2.24, 2.45) is 0 Å². The molecule has 0 aliphatic rings. The number of benzene rings is 3. The topological polar surface area (TPSA) is 70.7 Å². The van der Waals surface area contributed by atoms with Crippen LogP contribution in [0, 0.1) is 0 Å². The Morgan fingerprint density at radius 2 is 1.56 bits per heavy atom. The minimum atomic E-state index is -0.177. The Bertz CT molecular complexity index is 1020. The molecule has 32 heavy (non-hydrogen) atoms. The number of nitrogens with zero attached hydrogens (tertiary/aromatic N) is 1. The van der Waals surface area contributed by atoms with Crippen LogP contribution in [0.3, 0.4) is 0 Å². The van der Waals surface area contributed by atoms with Gasteiger partial charge in [-0.2, -0.15) is 0 Å². The summed E-state index contributed by atoms with van der Waals surface area (Å²) in [7, 11) is 0. The molecule has 2 amide bonds. The van der Waals surface area contributed by atoms with E-state index in [1.807, 2.05) is 68.4 Å². The van der Waals surface area contributed by atoms with Crippen molar-refractivity contribution in [1.82, 2.24) is 4.90 Å². The molecule has 0 bridgehead atoms. The van der Waals surface area contributed by atoms with Crippen LogP contribution in [0.15, 0.2) is 78.9 Å². The quantitative estimate of drug-likeness (QED) is 0.484. The van der Waals surface area contributed by atoms with Crippen molar-refractivity contribution in [1.29, 1.82) is 0 Å². The predicted octanol–water partition coefficient (Wildman–Crippen LogP) is 4.80. The van der Waals surface area contributed by atoms with Crippen LogP contribution in [0.2, 0.25) is 0 Å². The van der Waals surface area contributed by atoms with Gasteiger partial charge in [-0.05, 0) is 55.8 Å². The van der Waals surface area contributed by atoms with E-state index in [-0.39, 0.29) is 18.4 Å². The molecule has 0 unspecified atom stereocenters. The van der Waals surface area contributed by atoms with Gasteiger partial charge in [0, 0.05) is 36.1 Å². The largest absolute Gasteiger partial charge is 0.489 e. The standard InChI is InChI=1S/C26H29N3O3/c1-3-29(4-2)26(31)21-13-15-22(16-14-21)28-25(30)18-27-23-11-8-12-24(17-23)32-19-20-9-6-5-7-10-20/h5-17,27H,3-4,18-19H2,1-2H3,(H,28,30). The Hall–Kier alpha value is -3.80. The SMILES string of the molecule is CCN(CC)C(=O)c1ccc(NC(=O)CNc2cccc(OCc3ccccc3)c2)cc1. The fraction of sp³-hybridized carbons (Fsp3) is 0.231. The molecule has 3 aromatic carbocycles. The highest BCUT2D eigenvalue weighted by atomic mass is 16.5. The van der Waals surface area contributed by atoms with Crippen LogP contribution < -0.4 is 15.4 Å². The van der Waals surface area contributed by atoms with E-state index >= 15 is 0 Å². The summed E-state index contributed by atoms with van der Waals surface area (Å²) in [4.78, 5) is 26.5. The van der Waals surface area contributed by atoms with Gasteiger partial charge in [0.2, 0.25) is 5.91 Å². The van der Waals surface area contributed by atoms with Gasteiger partial charge in [-0.15, -0.1) is 0 Å². The zero-order valence-electron chi connectivity index (χ0n) is 18.5. The first-order valence-electron chi connectivity index (χ1n) is 10.8. The lowest BCUT2D eigenvalue weighted by Gasteiger charge is -2.18. The Kier molecular flexibility index (Phi) is 8.26. The van der Waals surface area contributed by atoms with E-state index in [1.54, 1.807) is 29.2 Å². The first kappa shape index (κ1) is 22.9. The molecule has 0 spiro atoms. The van der Waals surface area contributed by atoms with E-state index in [2.05, 4.69) is 10.6 Å². The van der Waals surface area contributed by atoms with Gasteiger partial charge in [0.25, 0.3) is 5.91 Å². The molecule has 0 aromatic heterocycles. The lowest BCUT2D eigenvalue weighted by Crippen LogP contribution is -2.30. The zero-order chi connectivity index (χ0) is 22.8. The number of nitrogens with one attached hydrogen (secondary N) is 2. The maximum atomic E-state index is 12.4. The summed E-state index contributed by atoms with van der Waals surface area (Å²) >= 11 is 0. The molecule has 0 saturated heterocycles. The molecule has 0 saturated carbocycles. The van der Waals surface area contributed by atoms with Crippen LogP contribution in [0.1, 0.15) is 29.8 Å². The summed E-state index contributed by atoms with van der Waals surface area (Å²) in [6.45, 7) is 5.83. The number of hydrogen-bond donors (Lipinski definition) is 2. The van der Waals surface area contributed by atoms with Crippen molar-refractivity contribution in [3.05, 3.63) is 90.0 Å². The lowest BCUT2D eigenvalue weighted by molar-refractivity contribution is -0.114. The van der Waals surface area contributed by atoms with E-state index in [9.17, 15) is 9.59 Å². The summed E-state index contributed by atoms with van der Waals surface area (Å²) in [5.41, 5.74) is 3.14. The monoisotopic (exact) mass is 431 g/mol. The molecule has 0 atom stereocenters. The maximum Gasteiger partial charge on any atom is 0.253 e. The second-order valence-corrected chi connectivity index (χ2v) is 7.26. The van der Waals surface area contributed by atoms with Gasteiger partial charge in [-0.25, -0.2) is 0 Å². The third kappa shape index (κ3) is 6.60. The minimum absolute atomic E-state index is 0.0103. The van der Waals surface area contributed by atoms with Crippen LogP contribution >= 0.6 is 0 Å². The Morgan fingerprint density at radius 3 is 2.25 bits per heavy atom. The van der Waals surface area contributed by atoms with Crippen molar-refractivity contribution in [2.45, 2.75) is 20.5 Å². The third-order valence-corrected chi connectivity index (χ3v) is 5.00. The number of carbonyl (C=O) groups is 2. The van der Waals surface area contributed by atoms with E-state index in [1.165, 1.54) is 0 Å². The molecule has 2 N–H and O–H groups in total. The second-order valence-electron chi connectivity index (χ2n) is 7.26. The van der Waals surface area contributed by atoms with Gasteiger partial charge in [0.05, 0.1) is 6.54 Å². The fourth-order valence-electron chi connectivity index (χ4n) is 3.21. The van der Waals surface area contributed by atoms with Crippen LogP contribution in [-0.4, -0.2) is 36.3 Å². The van der Waals surface area contributed by atoms with Crippen LogP contribution in [0.4, 0.5) is 11.4 Å². The highest BCUT2D eigenvalue weighted by Gasteiger charge is 2.12. The van der Waals surface area contributed by atoms with Gasteiger partial charge in [-0.1, -0.05) is 36.4 Å². The number of ether oxygens (including phenoxy) is 1. The molecule has 6 heteroatoms. The van der Waals surface area contributed by atoms with E-state index in [0.29, 0.717) is 30.9 Å². The normalized spacial score (nSPS) is 10.3. The van der Waals surface area contributed by atoms with Crippen molar-refractivity contribution < 1.29 is 14.3 Å². The predicted molar refractivity (Wildman–Crippen MR) is 128 cm³/mol. The molecule has 0 radical (unpaired) electrons. The Balaban J connectivity index is 1.49. The van der Waals surface area contributed by atoms with E-state index in [0.717, 1.165) is 17.0 Å². The van der Waals surface area contributed by atoms with Crippen molar-refractivity contribution in [2.75, 3.05) is 30.3 Å². The lowest BCUT2D eigenvalue weighted by atomic mass is 10.1. The molecule has 166 valence electrons.